The van der Waals surface area contributed by atoms with Crippen LogP contribution in [0.25, 0.3) is 0 Å². The predicted molar refractivity (Wildman–Crippen MR) is 51.9 cm³/mol. The quantitative estimate of drug-likeness (QED) is 0.381. The summed E-state index contributed by atoms with van der Waals surface area (Å²) in [7, 11) is 0. The summed E-state index contributed by atoms with van der Waals surface area (Å²) in [6.45, 7) is 2.23. The van der Waals surface area contributed by atoms with Crippen LogP contribution < -0.4 is 11.3 Å². The Morgan fingerprint density at radius 3 is 3.00 bits per heavy atom. The van der Waals surface area contributed by atoms with Gasteiger partial charge in [-0.2, -0.15) is 0 Å². The standard InChI is InChI=1S/C9H19N3/c1-2-3-4-5-8-6-7-9(11-8)12-10/h8H,2-7,10H2,1H3,(H,11,12). The van der Waals surface area contributed by atoms with E-state index in [-0.39, 0.29) is 0 Å². The van der Waals surface area contributed by atoms with E-state index in [1.165, 1.54) is 32.1 Å². The highest BCUT2D eigenvalue weighted by molar-refractivity contribution is 5.83. The summed E-state index contributed by atoms with van der Waals surface area (Å²) < 4.78 is 0. The number of nitrogens with zero attached hydrogens (tertiary/aromatic N) is 1. The van der Waals surface area contributed by atoms with Gasteiger partial charge in [0.1, 0.15) is 5.84 Å². The minimum atomic E-state index is 0.544. The van der Waals surface area contributed by atoms with E-state index in [1.54, 1.807) is 0 Å². The molecule has 0 spiro atoms. The minimum absolute atomic E-state index is 0.544. The molecule has 0 amide bonds. The fourth-order valence-corrected chi connectivity index (χ4v) is 1.60. The topological polar surface area (TPSA) is 50.4 Å². The lowest BCUT2D eigenvalue weighted by Crippen LogP contribution is -2.28. The number of nitrogens with one attached hydrogen (secondary N) is 1. The minimum Gasteiger partial charge on any atom is -0.312 e. The van der Waals surface area contributed by atoms with Crippen molar-refractivity contribution in [3.63, 3.8) is 0 Å². The lowest BCUT2D eigenvalue weighted by atomic mass is 10.1. The Kier molecular flexibility index (Phi) is 4.08. The molecule has 70 valence electrons. The summed E-state index contributed by atoms with van der Waals surface area (Å²) in [5.74, 6) is 6.25. The first kappa shape index (κ1) is 9.52. The molecule has 0 saturated heterocycles. The maximum atomic E-state index is 5.27. The van der Waals surface area contributed by atoms with E-state index in [0.717, 1.165) is 12.3 Å². The van der Waals surface area contributed by atoms with E-state index in [1.807, 2.05) is 0 Å². The first-order chi connectivity index (χ1) is 5.86. The molecule has 0 aromatic heterocycles. The Morgan fingerprint density at radius 2 is 2.42 bits per heavy atom. The van der Waals surface area contributed by atoms with E-state index in [2.05, 4.69) is 17.3 Å². The van der Waals surface area contributed by atoms with Crippen molar-refractivity contribution in [3.8, 4) is 0 Å². The SMILES string of the molecule is CCCCCC1CCC(NN)=N1. The van der Waals surface area contributed by atoms with E-state index in [4.69, 9.17) is 5.84 Å². The summed E-state index contributed by atoms with van der Waals surface area (Å²) >= 11 is 0. The smallest absolute Gasteiger partial charge is 0.111 e. The van der Waals surface area contributed by atoms with Gasteiger partial charge in [-0.1, -0.05) is 26.2 Å². The van der Waals surface area contributed by atoms with Crippen LogP contribution in [-0.2, 0) is 0 Å². The molecule has 0 fully saturated rings. The highest BCUT2D eigenvalue weighted by atomic mass is 15.3. The van der Waals surface area contributed by atoms with Crippen LogP contribution in [0.1, 0.15) is 45.4 Å². The first-order valence-electron chi connectivity index (χ1n) is 4.90. The molecule has 0 aromatic carbocycles. The number of hydrazine groups is 1. The van der Waals surface area contributed by atoms with Crippen LogP contribution in [0.4, 0.5) is 0 Å². The van der Waals surface area contributed by atoms with Crippen molar-refractivity contribution in [3.05, 3.63) is 0 Å². The molecule has 1 unspecified atom stereocenters. The molecule has 3 N–H and O–H groups in total. The lowest BCUT2D eigenvalue weighted by Gasteiger charge is -2.03. The zero-order valence-electron chi connectivity index (χ0n) is 7.84. The van der Waals surface area contributed by atoms with Gasteiger partial charge in [0, 0.05) is 6.42 Å². The molecule has 1 aliphatic heterocycles. The van der Waals surface area contributed by atoms with Gasteiger partial charge in [-0.05, 0) is 12.8 Å². The Labute approximate surface area is 74.4 Å². The summed E-state index contributed by atoms with van der Waals surface area (Å²) in [5, 5.41) is 0. The van der Waals surface area contributed by atoms with Gasteiger partial charge >= 0.3 is 0 Å². The molecular formula is C9H19N3. The predicted octanol–water partition coefficient (Wildman–Crippen LogP) is 1.59. The number of aliphatic imine (C=N–C) groups is 1. The molecular weight excluding hydrogens is 150 g/mol. The highest BCUT2D eigenvalue weighted by Crippen LogP contribution is 2.17. The fraction of sp³-hybridized carbons (Fsp3) is 0.889. The molecule has 12 heavy (non-hydrogen) atoms. The van der Waals surface area contributed by atoms with Crippen LogP contribution in [0.2, 0.25) is 0 Å². The van der Waals surface area contributed by atoms with E-state index >= 15 is 0 Å². The molecule has 0 radical (unpaired) electrons. The van der Waals surface area contributed by atoms with Crippen molar-refractivity contribution in [2.75, 3.05) is 0 Å². The largest absolute Gasteiger partial charge is 0.312 e. The molecule has 1 atom stereocenters. The van der Waals surface area contributed by atoms with Gasteiger partial charge in [0.2, 0.25) is 0 Å². The van der Waals surface area contributed by atoms with E-state index < -0.39 is 0 Å². The highest BCUT2D eigenvalue weighted by Gasteiger charge is 2.15. The van der Waals surface area contributed by atoms with Gasteiger partial charge in [-0.25, -0.2) is 5.84 Å². The molecule has 3 nitrogen and oxygen atoms in total. The molecule has 1 aliphatic rings. The monoisotopic (exact) mass is 169 g/mol. The number of rotatable bonds is 4. The molecule has 0 bridgehead atoms. The second-order valence-electron chi connectivity index (χ2n) is 3.41. The van der Waals surface area contributed by atoms with Gasteiger partial charge in [0.15, 0.2) is 0 Å². The molecule has 0 aromatic rings. The summed E-state index contributed by atoms with van der Waals surface area (Å²) in [4.78, 5) is 4.46. The average Bonchev–Trinajstić information content (AvgIpc) is 2.53. The van der Waals surface area contributed by atoms with Crippen LogP contribution in [0.3, 0.4) is 0 Å². The zero-order chi connectivity index (χ0) is 8.81. The molecule has 0 aliphatic carbocycles. The molecule has 0 saturated carbocycles. The number of hydrogen-bond acceptors (Lipinski definition) is 3. The maximum absolute atomic E-state index is 5.27. The molecule has 1 rings (SSSR count). The van der Waals surface area contributed by atoms with Gasteiger partial charge < -0.3 is 5.43 Å². The fourth-order valence-electron chi connectivity index (χ4n) is 1.60. The van der Waals surface area contributed by atoms with Crippen LogP contribution in [0, 0.1) is 0 Å². The van der Waals surface area contributed by atoms with Gasteiger partial charge in [0.05, 0.1) is 6.04 Å². The summed E-state index contributed by atoms with van der Waals surface area (Å²) in [6, 6.07) is 0.544. The van der Waals surface area contributed by atoms with Gasteiger partial charge in [0.25, 0.3) is 0 Å². The number of unbranched alkanes of at least 4 members (excludes halogenated alkanes) is 2. The van der Waals surface area contributed by atoms with Crippen molar-refractivity contribution in [2.24, 2.45) is 10.8 Å². The Bertz CT molecular complexity index is 154. The third-order valence-corrected chi connectivity index (χ3v) is 2.36. The second kappa shape index (κ2) is 5.14. The summed E-state index contributed by atoms with van der Waals surface area (Å²) in [6.07, 6.45) is 7.38. The third kappa shape index (κ3) is 2.81. The van der Waals surface area contributed by atoms with Crippen molar-refractivity contribution >= 4 is 5.84 Å². The summed E-state index contributed by atoms with van der Waals surface area (Å²) in [5.41, 5.74) is 2.63. The maximum Gasteiger partial charge on any atom is 0.111 e. The lowest BCUT2D eigenvalue weighted by molar-refractivity contribution is 0.560. The van der Waals surface area contributed by atoms with Crippen LogP contribution in [-0.4, -0.2) is 11.9 Å². The third-order valence-electron chi connectivity index (χ3n) is 2.36. The number of nitrogens with two attached hydrogens (primary N) is 1. The van der Waals surface area contributed by atoms with Crippen molar-refractivity contribution < 1.29 is 0 Å². The van der Waals surface area contributed by atoms with Crippen molar-refractivity contribution in [1.29, 1.82) is 0 Å². The van der Waals surface area contributed by atoms with E-state index in [9.17, 15) is 0 Å². The number of amidine groups is 1. The average molecular weight is 169 g/mol. The Balaban J connectivity index is 2.14. The normalized spacial score (nSPS) is 22.5. The Morgan fingerprint density at radius 1 is 1.58 bits per heavy atom. The van der Waals surface area contributed by atoms with Gasteiger partial charge in [-0.3, -0.25) is 4.99 Å². The number of hydrogen-bond donors (Lipinski definition) is 2. The Hall–Kier alpha value is -0.570. The second-order valence-corrected chi connectivity index (χ2v) is 3.41. The first-order valence-corrected chi connectivity index (χ1v) is 4.90. The van der Waals surface area contributed by atoms with Crippen LogP contribution in [0.15, 0.2) is 4.99 Å². The van der Waals surface area contributed by atoms with Crippen molar-refractivity contribution in [1.82, 2.24) is 5.43 Å². The zero-order valence-corrected chi connectivity index (χ0v) is 7.84. The van der Waals surface area contributed by atoms with E-state index in [0.29, 0.717) is 6.04 Å². The van der Waals surface area contributed by atoms with Crippen LogP contribution in [0.5, 0.6) is 0 Å². The molecule has 1 heterocycles. The van der Waals surface area contributed by atoms with Crippen molar-refractivity contribution in [2.45, 2.75) is 51.5 Å². The molecule has 3 heteroatoms. The van der Waals surface area contributed by atoms with Crippen LogP contribution >= 0.6 is 0 Å². The van der Waals surface area contributed by atoms with Gasteiger partial charge in [-0.15, -0.1) is 0 Å².